The molecule has 0 unspecified atom stereocenters. The van der Waals surface area contributed by atoms with E-state index in [1.54, 1.807) is 95.7 Å². The van der Waals surface area contributed by atoms with Gasteiger partial charge < -0.3 is 28.6 Å². The fourth-order valence-corrected chi connectivity index (χ4v) is 5.40. The van der Waals surface area contributed by atoms with Gasteiger partial charge in [0.2, 0.25) is 5.75 Å². The van der Waals surface area contributed by atoms with Crippen molar-refractivity contribution in [1.29, 1.82) is 0 Å². The van der Waals surface area contributed by atoms with Crippen LogP contribution in [-0.2, 0) is 11.3 Å². The van der Waals surface area contributed by atoms with Gasteiger partial charge in [0.15, 0.2) is 11.5 Å². The summed E-state index contributed by atoms with van der Waals surface area (Å²) in [6.07, 6.45) is 1.05. The van der Waals surface area contributed by atoms with Crippen molar-refractivity contribution in [2.24, 2.45) is 0 Å². The molecule has 0 saturated heterocycles. The van der Waals surface area contributed by atoms with Crippen molar-refractivity contribution in [1.82, 2.24) is 14.5 Å². The molecule has 0 aliphatic heterocycles. The molecule has 2 aromatic heterocycles. The van der Waals surface area contributed by atoms with Crippen LogP contribution in [0.3, 0.4) is 0 Å². The Morgan fingerprint density at radius 3 is 2.10 bits per heavy atom. The van der Waals surface area contributed by atoms with E-state index in [1.165, 1.54) is 30.8 Å². The maximum absolute atomic E-state index is 14.6. The third kappa shape index (κ3) is 7.49. The van der Waals surface area contributed by atoms with Crippen LogP contribution in [0, 0.1) is 0 Å². The van der Waals surface area contributed by atoms with Gasteiger partial charge >= 0.3 is 6.09 Å². The summed E-state index contributed by atoms with van der Waals surface area (Å²) >= 11 is 0. The number of benzene rings is 3. The Morgan fingerprint density at radius 1 is 0.860 bits per heavy atom. The fraction of sp³-hybridized carbons (Fsp3) is 0.263. The van der Waals surface area contributed by atoms with Crippen molar-refractivity contribution in [2.45, 2.75) is 33.0 Å². The van der Waals surface area contributed by atoms with Gasteiger partial charge in [-0.15, -0.1) is 0 Å². The van der Waals surface area contributed by atoms with Crippen LogP contribution >= 0.6 is 0 Å². The molecule has 0 bridgehead atoms. The molecule has 0 spiro atoms. The number of nitrogens with zero attached hydrogens (tertiary/aromatic N) is 3. The second-order valence-corrected chi connectivity index (χ2v) is 12.5. The van der Waals surface area contributed by atoms with Gasteiger partial charge in [0.25, 0.3) is 11.5 Å². The predicted octanol–water partition coefficient (Wildman–Crippen LogP) is 6.71. The highest BCUT2D eigenvalue weighted by Gasteiger charge is 2.28. The molecule has 5 aromatic rings. The Labute approximate surface area is 290 Å². The third-order valence-corrected chi connectivity index (χ3v) is 7.60. The highest BCUT2D eigenvalue weighted by molar-refractivity contribution is 6.09. The summed E-state index contributed by atoms with van der Waals surface area (Å²) in [4.78, 5) is 47.0. The van der Waals surface area contributed by atoms with Crippen molar-refractivity contribution in [2.75, 3.05) is 40.7 Å². The Bertz CT molecular complexity index is 2060. The Morgan fingerprint density at radius 2 is 1.54 bits per heavy atom. The van der Waals surface area contributed by atoms with Crippen molar-refractivity contribution in [3.63, 3.8) is 0 Å². The van der Waals surface area contributed by atoms with Gasteiger partial charge in [0.1, 0.15) is 23.7 Å². The molecular weight excluding hydrogens is 640 g/mol. The van der Waals surface area contributed by atoms with E-state index in [2.05, 4.69) is 10.3 Å². The minimum atomic E-state index is -0.687. The number of amides is 2. The standard InChI is InChI=1S/C38H40N4O8/c1-38(2,3)50-37(45)40-24-12-14-26(15-13-24)42-33(36(44)41(4)5)32(23-19-30(46-6)34(48-8)31(20-23)47-7)28-17-16-27(21-29(28)35(42)43)49-22-25-11-9-10-18-39-25/h9-21H,22H2,1-8H3,(H,40,45). The number of hydrogen-bond donors (Lipinski definition) is 1. The Kier molecular flexibility index (Phi) is 10.3. The van der Waals surface area contributed by atoms with Crippen LogP contribution in [0.2, 0.25) is 0 Å². The zero-order chi connectivity index (χ0) is 36.2. The number of carbonyl (C=O) groups excluding carboxylic acids is 2. The van der Waals surface area contributed by atoms with Gasteiger partial charge in [0, 0.05) is 37.2 Å². The van der Waals surface area contributed by atoms with Gasteiger partial charge in [-0.2, -0.15) is 0 Å². The lowest BCUT2D eigenvalue weighted by Gasteiger charge is -2.23. The highest BCUT2D eigenvalue weighted by Crippen LogP contribution is 2.44. The number of anilines is 1. The molecule has 1 N–H and O–H groups in total. The molecule has 12 nitrogen and oxygen atoms in total. The lowest BCUT2D eigenvalue weighted by Crippen LogP contribution is -2.32. The van der Waals surface area contributed by atoms with E-state index in [0.29, 0.717) is 56.3 Å². The summed E-state index contributed by atoms with van der Waals surface area (Å²) in [5, 5.41) is 3.49. The zero-order valence-electron chi connectivity index (χ0n) is 29.3. The molecule has 3 aromatic carbocycles. The topological polar surface area (TPSA) is 130 Å². The minimum absolute atomic E-state index is 0.0942. The van der Waals surface area contributed by atoms with Gasteiger partial charge in [-0.25, -0.2) is 4.79 Å². The van der Waals surface area contributed by atoms with E-state index >= 15 is 0 Å². The number of ether oxygens (including phenoxy) is 5. The van der Waals surface area contributed by atoms with Crippen LogP contribution in [0.1, 0.15) is 37.0 Å². The Balaban J connectivity index is 1.78. The van der Waals surface area contributed by atoms with Crippen LogP contribution in [0.15, 0.2) is 83.8 Å². The molecule has 0 aliphatic carbocycles. The second-order valence-electron chi connectivity index (χ2n) is 12.5. The summed E-state index contributed by atoms with van der Waals surface area (Å²) in [6, 6.07) is 20.7. The molecule has 0 atom stereocenters. The van der Waals surface area contributed by atoms with Crippen molar-refractivity contribution < 1.29 is 33.3 Å². The number of rotatable bonds is 10. The molecule has 12 heteroatoms. The van der Waals surface area contributed by atoms with E-state index in [1.807, 2.05) is 18.2 Å². The number of methoxy groups -OCH3 is 3. The number of nitrogens with one attached hydrogen (secondary N) is 1. The molecule has 260 valence electrons. The summed E-state index contributed by atoms with van der Waals surface area (Å²) in [6.45, 7) is 5.49. The molecule has 5 rings (SSSR count). The number of fused-ring (bicyclic) bond motifs is 1. The van der Waals surface area contributed by atoms with Crippen LogP contribution in [0.25, 0.3) is 27.6 Å². The number of pyridine rings is 2. The zero-order valence-corrected chi connectivity index (χ0v) is 29.3. The fourth-order valence-electron chi connectivity index (χ4n) is 5.40. The first-order valence-corrected chi connectivity index (χ1v) is 15.7. The average Bonchev–Trinajstić information content (AvgIpc) is 3.09. The summed E-state index contributed by atoms with van der Waals surface area (Å²) in [5.74, 6) is 1.10. The first kappa shape index (κ1) is 35.3. The molecule has 0 saturated carbocycles. The maximum atomic E-state index is 14.6. The lowest BCUT2D eigenvalue weighted by molar-refractivity contribution is 0.0635. The number of carbonyl (C=O) groups is 2. The SMILES string of the molecule is COc1cc(-c2c(C(=O)N(C)C)n(-c3ccc(NC(=O)OC(C)(C)C)cc3)c(=O)c3cc(OCc4ccccn4)ccc23)cc(OC)c1OC. The van der Waals surface area contributed by atoms with Crippen LogP contribution < -0.4 is 29.8 Å². The highest BCUT2D eigenvalue weighted by atomic mass is 16.6. The number of hydrogen-bond acceptors (Lipinski definition) is 9. The summed E-state index contributed by atoms with van der Waals surface area (Å²) in [7, 11) is 7.74. The monoisotopic (exact) mass is 680 g/mol. The Hall–Kier alpha value is -6.04. The molecule has 0 fully saturated rings. The van der Waals surface area contributed by atoms with Crippen LogP contribution in [-0.4, -0.2) is 67.5 Å². The first-order valence-electron chi connectivity index (χ1n) is 15.7. The van der Waals surface area contributed by atoms with Crippen molar-refractivity contribution in [3.05, 3.63) is 101 Å². The van der Waals surface area contributed by atoms with E-state index in [-0.39, 0.29) is 12.3 Å². The van der Waals surface area contributed by atoms with Gasteiger partial charge in [-0.3, -0.25) is 24.5 Å². The predicted molar refractivity (Wildman–Crippen MR) is 191 cm³/mol. The molecule has 50 heavy (non-hydrogen) atoms. The summed E-state index contributed by atoms with van der Waals surface area (Å²) < 4.78 is 29.7. The van der Waals surface area contributed by atoms with Gasteiger partial charge in [-0.05, 0) is 98.5 Å². The molecular formula is C38H40N4O8. The second kappa shape index (κ2) is 14.6. The van der Waals surface area contributed by atoms with E-state index in [0.717, 1.165) is 5.69 Å². The van der Waals surface area contributed by atoms with Crippen molar-refractivity contribution in [3.8, 4) is 39.8 Å². The molecule has 2 heterocycles. The number of aromatic nitrogens is 2. The normalized spacial score (nSPS) is 11.1. The maximum Gasteiger partial charge on any atom is 0.412 e. The van der Waals surface area contributed by atoms with E-state index in [9.17, 15) is 14.4 Å². The smallest absolute Gasteiger partial charge is 0.412 e. The van der Waals surface area contributed by atoms with Crippen LogP contribution in [0.4, 0.5) is 10.5 Å². The van der Waals surface area contributed by atoms with E-state index < -0.39 is 23.2 Å². The largest absolute Gasteiger partial charge is 0.493 e. The van der Waals surface area contributed by atoms with Crippen molar-refractivity contribution >= 4 is 28.5 Å². The van der Waals surface area contributed by atoms with Gasteiger partial charge in [-0.1, -0.05) is 6.07 Å². The third-order valence-electron chi connectivity index (χ3n) is 7.60. The lowest BCUT2D eigenvalue weighted by atomic mass is 9.95. The van der Waals surface area contributed by atoms with E-state index in [4.69, 9.17) is 23.7 Å². The quantitative estimate of drug-likeness (QED) is 0.171. The molecule has 0 radical (unpaired) electrons. The first-order chi connectivity index (χ1) is 23.8. The minimum Gasteiger partial charge on any atom is -0.493 e. The molecule has 0 aliphatic rings. The summed E-state index contributed by atoms with van der Waals surface area (Å²) in [5.41, 5.74) is 1.47. The van der Waals surface area contributed by atoms with Crippen LogP contribution in [0.5, 0.6) is 23.0 Å². The average molecular weight is 681 g/mol. The molecule has 2 amide bonds. The van der Waals surface area contributed by atoms with Gasteiger partial charge in [0.05, 0.1) is 32.4 Å².